The number of aromatic nitrogens is 3. The summed E-state index contributed by atoms with van der Waals surface area (Å²) in [4.78, 5) is 23.4. The summed E-state index contributed by atoms with van der Waals surface area (Å²) in [6.45, 7) is 5.75. The van der Waals surface area contributed by atoms with Crippen molar-refractivity contribution in [2.24, 2.45) is 5.92 Å². The van der Waals surface area contributed by atoms with Gasteiger partial charge in [-0.05, 0) is 64.3 Å². The van der Waals surface area contributed by atoms with Crippen molar-refractivity contribution in [2.45, 2.75) is 39.2 Å². The van der Waals surface area contributed by atoms with Gasteiger partial charge in [0.15, 0.2) is 5.82 Å². The number of nitrogens with one attached hydrogen (secondary N) is 1. The van der Waals surface area contributed by atoms with Crippen LogP contribution >= 0.6 is 0 Å². The van der Waals surface area contributed by atoms with E-state index in [1.165, 1.54) is 7.11 Å². The van der Waals surface area contributed by atoms with Gasteiger partial charge in [-0.2, -0.15) is 0 Å². The fourth-order valence-electron chi connectivity index (χ4n) is 4.66. The molecule has 1 aromatic carbocycles. The Kier molecular flexibility index (Phi) is 8.73. The van der Waals surface area contributed by atoms with E-state index < -0.39 is 6.10 Å². The molecule has 3 heterocycles. The first-order valence-corrected chi connectivity index (χ1v) is 12.6. The largest absolute Gasteiger partial charge is 0.491 e. The monoisotopic (exact) mass is 509 g/mol. The van der Waals surface area contributed by atoms with Crippen LogP contribution in [0.2, 0.25) is 0 Å². The van der Waals surface area contributed by atoms with Gasteiger partial charge in [-0.25, -0.2) is 14.8 Å². The van der Waals surface area contributed by atoms with Gasteiger partial charge >= 0.3 is 6.09 Å². The molecule has 37 heavy (non-hydrogen) atoms. The molecule has 0 bridgehead atoms. The van der Waals surface area contributed by atoms with Crippen LogP contribution in [0.4, 0.5) is 4.79 Å². The third-order valence-corrected chi connectivity index (χ3v) is 6.59. The molecule has 1 saturated heterocycles. The lowest BCUT2D eigenvalue weighted by atomic mass is 9.91. The van der Waals surface area contributed by atoms with Gasteiger partial charge in [0, 0.05) is 30.9 Å². The number of rotatable bonds is 9. The number of hydrogen-bond acceptors (Lipinski definition) is 9. The highest BCUT2D eigenvalue weighted by molar-refractivity contribution is 5.68. The van der Waals surface area contributed by atoms with Gasteiger partial charge < -0.3 is 29.3 Å². The van der Waals surface area contributed by atoms with E-state index in [2.05, 4.69) is 10.5 Å². The fraction of sp³-hybridized carbons (Fsp3) is 0.481. The average molecular weight is 510 g/mol. The third-order valence-electron chi connectivity index (χ3n) is 6.59. The van der Waals surface area contributed by atoms with E-state index in [0.29, 0.717) is 42.9 Å². The first kappa shape index (κ1) is 26.6. The number of carbonyl (C=O) groups is 1. The van der Waals surface area contributed by atoms with Crippen molar-refractivity contribution in [1.82, 2.24) is 25.3 Å². The molecule has 0 saturated carbocycles. The summed E-state index contributed by atoms with van der Waals surface area (Å²) in [6, 6.07) is 9.59. The number of aliphatic hydroxyl groups excluding tert-OH is 1. The lowest BCUT2D eigenvalue weighted by Crippen LogP contribution is -2.38. The van der Waals surface area contributed by atoms with Crippen molar-refractivity contribution in [3.63, 3.8) is 0 Å². The van der Waals surface area contributed by atoms with Gasteiger partial charge in [0.05, 0.1) is 24.1 Å². The van der Waals surface area contributed by atoms with Crippen LogP contribution in [0.3, 0.4) is 0 Å². The van der Waals surface area contributed by atoms with E-state index in [4.69, 9.17) is 24.0 Å². The summed E-state index contributed by atoms with van der Waals surface area (Å²) in [5, 5.41) is 17.0. The zero-order valence-electron chi connectivity index (χ0n) is 21.9. The molecule has 2 aromatic heterocycles. The SMILES string of the molecule is CNCC(O)COc1cccc(-c2nc(CC3CCN(C(=O)OC)CC3)cc(-c3c(C)noc3C)n2)c1. The quantitative estimate of drug-likeness (QED) is 0.447. The smallest absolute Gasteiger partial charge is 0.409 e. The molecule has 0 spiro atoms. The summed E-state index contributed by atoms with van der Waals surface area (Å²) >= 11 is 0. The normalized spacial score (nSPS) is 15.0. The standard InChI is InChI=1S/C27H35N5O5/c1-17-25(18(2)37-31-17)24-14-21(12-19-8-10-32(11-9-19)27(34)35-4)29-26(30-24)20-6-5-7-23(13-20)36-16-22(33)15-28-3/h5-7,13-14,19,22,28,33H,8-12,15-16H2,1-4H3. The molecule has 4 rings (SSSR count). The van der Waals surface area contributed by atoms with Crippen LogP contribution in [0.1, 0.15) is 30.0 Å². The Balaban J connectivity index is 1.60. The fourth-order valence-corrected chi connectivity index (χ4v) is 4.66. The van der Waals surface area contributed by atoms with Crippen molar-refractivity contribution in [2.75, 3.05) is 40.4 Å². The van der Waals surface area contributed by atoms with Crippen molar-refractivity contribution in [3.8, 4) is 28.4 Å². The zero-order valence-corrected chi connectivity index (χ0v) is 21.9. The molecule has 1 fully saturated rings. The van der Waals surface area contributed by atoms with E-state index in [-0.39, 0.29) is 12.7 Å². The molecule has 2 N–H and O–H groups in total. The minimum absolute atomic E-state index is 0.180. The van der Waals surface area contributed by atoms with Crippen LogP contribution in [-0.4, -0.2) is 77.7 Å². The number of ether oxygens (including phenoxy) is 2. The van der Waals surface area contributed by atoms with Gasteiger partial charge in [0.1, 0.15) is 24.2 Å². The van der Waals surface area contributed by atoms with Gasteiger partial charge in [0.25, 0.3) is 0 Å². The number of aryl methyl sites for hydroxylation is 2. The number of nitrogens with zero attached hydrogens (tertiary/aromatic N) is 4. The van der Waals surface area contributed by atoms with E-state index in [0.717, 1.165) is 47.5 Å². The van der Waals surface area contributed by atoms with E-state index in [1.54, 1.807) is 11.9 Å². The maximum atomic E-state index is 11.9. The number of benzene rings is 1. The lowest BCUT2D eigenvalue weighted by Gasteiger charge is -2.30. The second kappa shape index (κ2) is 12.2. The molecule has 3 aromatic rings. The summed E-state index contributed by atoms with van der Waals surface area (Å²) in [5.74, 6) is 2.32. The molecule has 1 atom stereocenters. The van der Waals surface area contributed by atoms with Crippen molar-refractivity contribution >= 4 is 6.09 Å². The predicted molar refractivity (Wildman–Crippen MR) is 138 cm³/mol. The number of likely N-dealkylation sites (N-methyl/N-ethyl adjacent to an activating group) is 1. The minimum atomic E-state index is -0.607. The van der Waals surface area contributed by atoms with Crippen LogP contribution in [-0.2, 0) is 11.2 Å². The number of hydrogen-bond donors (Lipinski definition) is 2. The highest BCUT2D eigenvalue weighted by Crippen LogP contribution is 2.30. The predicted octanol–water partition coefficient (Wildman–Crippen LogP) is 3.40. The second-order valence-electron chi connectivity index (χ2n) is 9.42. The number of amides is 1. The summed E-state index contributed by atoms with van der Waals surface area (Å²) < 4.78 is 16.1. The number of methoxy groups -OCH3 is 1. The molecule has 1 aliphatic rings. The van der Waals surface area contributed by atoms with Crippen LogP contribution in [0, 0.1) is 19.8 Å². The molecular formula is C27H35N5O5. The van der Waals surface area contributed by atoms with Gasteiger partial charge in [-0.3, -0.25) is 0 Å². The highest BCUT2D eigenvalue weighted by atomic mass is 16.5. The molecule has 0 radical (unpaired) electrons. The number of aliphatic hydroxyl groups is 1. The van der Waals surface area contributed by atoms with Crippen LogP contribution in [0.5, 0.6) is 5.75 Å². The number of likely N-dealkylation sites (tertiary alicyclic amines) is 1. The van der Waals surface area contributed by atoms with E-state index in [9.17, 15) is 9.90 Å². The molecule has 10 nitrogen and oxygen atoms in total. The Hall–Kier alpha value is -3.50. The summed E-state index contributed by atoms with van der Waals surface area (Å²) in [6.07, 6.45) is 1.66. The average Bonchev–Trinajstić information content (AvgIpc) is 3.25. The van der Waals surface area contributed by atoms with Crippen LogP contribution in [0.15, 0.2) is 34.9 Å². The molecule has 1 unspecified atom stereocenters. The van der Waals surface area contributed by atoms with Gasteiger partial charge in [0.2, 0.25) is 0 Å². The number of piperidine rings is 1. The zero-order chi connectivity index (χ0) is 26.4. The second-order valence-corrected chi connectivity index (χ2v) is 9.42. The first-order chi connectivity index (χ1) is 17.9. The first-order valence-electron chi connectivity index (χ1n) is 12.6. The minimum Gasteiger partial charge on any atom is -0.491 e. The summed E-state index contributed by atoms with van der Waals surface area (Å²) in [5.41, 5.74) is 4.14. The summed E-state index contributed by atoms with van der Waals surface area (Å²) in [7, 11) is 3.20. The lowest BCUT2D eigenvalue weighted by molar-refractivity contribution is 0.106. The Morgan fingerprint density at radius 2 is 2.03 bits per heavy atom. The molecule has 1 aliphatic heterocycles. The maximum absolute atomic E-state index is 11.9. The molecule has 198 valence electrons. The molecule has 1 amide bonds. The Bertz CT molecular complexity index is 1190. The van der Waals surface area contributed by atoms with Crippen LogP contribution in [0.25, 0.3) is 22.6 Å². The molecule has 10 heteroatoms. The van der Waals surface area contributed by atoms with Crippen molar-refractivity contribution < 1.29 is 23.9 Å². The van der Waals surface area contributed by atoms with E-state index >= 15 is 0 Å². The topological polar surface area (TPSA) is 123 Å². The molecule has 0 aliphatic carbocycles. The maximum Gasteiger partial charge on any atom is 0.409 e. The van der Waals surface area contributed by atoms with E-state index in [1.807, 2.05) is 44.2 Å². The van der Waals surface area contributed by atoms with Gasteiger partial charge in [-0.1, -0.05) is 17.3 Å². The third kappa shape index (κ3) is 6.64. The Morgan fingerprint density at radius 1 is 1.24 bits per heavy atom. The van der Waals surface area contributed by atoms with Crippen LogP contribution < -0.4 is 10.1 Å². The highest BCUT2D eigenvalue weighted by Gasteiger charge is 2.25. The molecular weight excluding hydrogens is 474 g/mol. The van der Waals surface area contributed by atoms with Crippen molar-refractivity contribution in [1.29, 1.82) is 0 Å². The number of carbonyl (C=O) groups excluding carboxylic acids is 1. The Morgan fingerprint density at radius 3 is 2.70 bits per heavy atom. The van der Waals surface area contributed by atoms with Gasteiger partial charge in [-0.15, -0.1) is 0 Å². The Labute approximate surface area is 217 Å². The van der Waals surface area contributed by atoms with Crippen molar-refractivity contribution in [3.05, 3.63) is 47.5 Å².